The molecule has 1 unspecified atom stereocenters. The molecule has 0 aliphatic carbocycles. The second-order valence-electron chi connectivity index (χ2n) is 5.45. The van der Waals surface area contributed by atoms with Gasteiger partial charge in [0.1, 0.15) is 5.75 Å². The Balaban J connectivity index is 1.94. The molecule has 126 valence electrons. The van der Waals surface area contributed by atoms with Gasteiger partial charge in [0, 0.05) is 12.4 Å². The van der Waals surface area contributed by atoms with E-state index in [2.05, 4.69) is 10.3 Å². The highest BCUT2D eigenvalue weighted by atomic mass is 35.5. The van der Waals surface area contributed by atoms with Crippen LogP contribution in [0.1, 0.15) is 27.5 Å². The highest BCUT2D eigenvalue weighted by Crippen LogP contribution is 2.25. The first-order chi connectivity index (χ1) is 12.2. The number of rotatable bonds is 5. The van der Waals surface area contributed by atoms with Crippen molar-refractivity contribution in [2.45, 2.75) is 6.04 Å². The van der Waals surface area contributed by atoms with Crippen molar-refractivity contribution in [2.24, 2.45) is 0 Å². The van der Waals surface area contributed by atoms with E-state index in [1.165, 1.54) is 6.20 Å². The number of benzene rings is 2. The Hall–Kier alpha value is -2.85. The second-order valence-corrected chi connectivity index (χ2v) is 5.85. The lowest BCUT2D eigenvalue weighted by Crippen LogP contribution is -2.29. The van der Waals surface area contributed by atoms with E-state index in [9.17, 15) is 4.79 Å². The van der Waals surface area contributed by atoms with Gasteiger partial charge in [-0.15, -0.1) is 0 Å². The standard InChI is InChI=1S/C20H17ClN2O2/c1-25-16-9-7-15(8-10-16)19(14-5-3-2-4-6-14)23-20(24)17-11-12-22-13-18(17)21/h2-13,19H,1H3,(H,23,24). The van der Waals surface area contributed by atoms with Gasteiger partial charge in [-0.3, -0.25) is 9.78 Å². The zero-order valence-electron chi connectivity index (χ0n) is 13.6. The van der Waals surface area contributed by atoms with Crippen molar-refractivity contribution >= 4 is 17.5 Å². The molecule has 0 bridgehead atoms. The Morgan fingerprint density at radius 3 is 2.36 bits per heavy atom. The quantitative estimate of drug-likeness (QED) is 0.746. The molecule has 0 saturated heterocycles. The molecule has 1 amide bonds. The van der Waals surface area contributed by atoms with Crippen LogP contribution in [0.15, 0.2) is 73.1 Å². The van der Waals surface area contributed by atoms with Crippen molar-refractivity contribution in [1.29, 1.82) is 0 Å². The van der Waals surface area contributed by atoms with Crippen molar-refractivity contribution in [1.82, 2.24) is 10.3 Å². The molecule has 0 spiro atoms. The molecule has 5 heteroatoms. The molecular formula is C20H17ClN2O2. The van der Waals surface area contributed by atoms with Gasteiger partial charge >= 0.3 is 0 Å². The van der Waals surface area contributed by atoms with Crippen LogP contribution in [-0.2, 0) is 0 Å². The Morgan fingerprint density at radius 1 is 1.04 bits per heavy atom. The van der Waals surface area contributed by atoms with Crippen molar-refractivity contribution in [3.63, 3.8) is 0 Å². The summed E-state index contributed by atoms with van der Waals surface area (Å²) < 4.78 is 5.21. The van der Waals surface area contributed by atoms with Gasteiger partial charge in [-0.2, -0.15) is 0 Å². The Bertz CT molecular complexity index is 851. The zero-order valence-corrected chi connectivity index (χ0v) is 14.4. The van der Waals surface area contributed by atoms with Gasteiger partial charge in [0.2, 0.25) is 0 Å². The van der Waals surface area contributed by atoms with Gasteiger partial charge in [0.05, 0.1) is 23.7 Å². The maximum atomic E-state index is 12.7. The smallest absolute Gasteiger partial charge is 0.253 e. The summed E-state index contributed by atoms with van der Waals surface area (Å²) in [5.41, 5.74) is 2.32. The minimum atomic E-state index is -0.302. The van der Waals surface area contributed by atoms with E-state index in [0.29, 0.717) is 10.6 Å². The summed E-state index contributed by atoms with van der Waals surface area (Å²) in [5.74, 6) is 0.510. The summed E-state index contributed by atoms with van der Waals surface area (Å²) in [6.07, 6.45) is 3.01. The molecule has 0 saturated carbocycles. The average molecular weight is 353 g/mol. The average Bonchev–Trinajstić information content (AvgIpc) is 2.67. The first-order valence-corrected chi connectivity index (χ1v) is 8.16. The predicted octanol–water partition coefficient (Wildman–Crippen LogP) is 4.26. The number of pyridine rings is 1. The molecule has 0 aliphatic heterocycles. The van der Waals surface area contributed by atoms with Crippen LogP contribution in [0.4, 0.5) is 0 Å². The van der Waals surface area contributed by atoms with E-state index in [4.69, 9.17) is 16.3 Å². The molecule has 1 aromatic heterocycles. The van der Waals surface area contributed by atoms with Crippen LogP contribution in [0.3, 0.4) is 0 Å². The first-order valence-electron chi connectivity index (χ1n) is 7.78. The normalized spacial score (nSPS) is 11.6. The number of aromatic nitrogens is 1. The number of amides is 1. The van der Waals surface area contributed by atoms with Crippen LogP contribution >= 0.6 is 11.6 Å². The van der Waals surface area contributed by atoms with E-state index in [-0.39, 0.29) is 11.9 Å². The highest BCUT2D eigenvalue weighted by Gasteiger charge is 2.19. The second kappa shape index (κ2) is 7.81. The van der Waals surface area contributed by atoms with Crippen LogP contribution in [0.5, 0.6) is 5.75 Å². The molecular weight excluding hydrogens is 336 g/mol. The molecule has 0 fully saturated rings. The van der Waals surface area contributed by atoms with Crippen molar-refractivity contribution < 1.29 is 9.53 Å². The molecule has 0 aliphatic rings. The summed E-state index contributed by atoms with van der Waals surface area (Å²) in [6, 6.07) is 18.7. The molecule has 1 N–H and O–H groups in total. The minimum absolute atomic E-state index is 0.253. The minimum Gasteiger partial charge on any atom is -0.497 e. The fraction of sp³-hybridized carbons (Fsp3) is 0.100. The lowest BCUT2D eigenvalue weighted by Gasteiger charge is -2.20. The third-order valence-corrected chi connectivity index (χ3v) is 4.18. The number of nitrogens with one attached hydrogen (secondary N) is 1. The molecule has 4 nitrogen and oxygen atoms in total. The SMILES string of the molecule is COc1ccc(C(NC(=O)c2ccncc2Cl)c2ccccc2)cc1. The van der Waals surface area contributed by atoms with Gasteiger partial charge < -0.3 is 10.1 Å². The number of carbonyl (C=O) groups is 1. The van der Waals surface area contributed by atoms with Crippen LogP contribution in [0.25, 0.3) is 0 Å². The van der Waals surface area contributed by atoms with E-state index >= 15 is 0 Å². The largest absolute Gasteiger partial charge is 0.497 e. The number of hydrogen-bond donors (Lipinski definition) is 1. The van der Waals surface area contributed by atoms with E-state index < -0.39 is 0 Å². The number of halogens is 1. The zero-order chi connectivity index (χ0) is 17.6. The summed E-state index contributed by atoms with van der Waals surface area (Å²) in [7, 11) is 1.62. The highest BCUT2D eigenvalue weighted by molar-refractivity contribution is 6.33. The van der Waals surface area contributed by atoms with Gasteiger partial charge in [-0.25, -0.2) is 0 Å². The summed E-state index contributed by atoms with van der Waals surface area (Å²) in [4.78, 5) is 16.6. The van der Waals surface area contributed by atoms with Crippen LogP contribution in [0, 0.1) is 0 Å². The number of methoxy groups -OCH3 is 1. The van der Waals surface area contributed by atoms with E-state index in [1.54, 1.807) is 19.4 Å². The monoisotopic (exact) mass is 352 g/mol. The van der Waals surface area contributed by atoms with Crippen LogP contribution < -0.4 is 10.1 Å². The Labute approximate surface area is 151 Å². The maximum Gasteiger partial charge on any atom is 0.253 e. The Kier molecular flexibility index (Phi) is 5.31. The molecule has 3 rings (SSSR count). The van der Waals surface area contributed by atoms with E-state index in [0.717, 1.165) is 16.9 Å². The van der Waals surface area contributed by atoms with Crippen molar-refractivity contribution in [2.75, 3.05) is 7.11 Å². The van der Waals surface area contributed by atoms with Crippen molar-refractivity contribution in [3.05, 3.63) is 94.8 Å². The molecule has 1 heterocycles. The lowest BCUT2D eigenvalue weighted by molar-refractivity contribution is 0.0943. The van der Waals surface area contributed by atoms with Gasteiger partial charge in [-0.1, -0.05) is 54.1 Å². The molecule has 2 aromatic carbocycles. The number of nitrogens with zero attached hydrogens (tertiary/aromatic N) is 1. The predicted molar refractivity (Wildman–Crippen MR) is 98.0 cm³/mol. The van der Waals surface area contributed by atoms with Crippen molar-refractivity contribution in [3.8, 4) is 5.75 Å². The van der Waals surface area contributed by atoms with E-state index in [1.807, 2.05) is 54.6 Å². The summed E-state index contributed by atoms with van der Waals surface area (Å²) in [6.45, 7) is 0. The molecule has 1 atom stereocenters. The molecule has 0 radical (unpaired) electrons. The fourth-order valence-electron chi connectivity index (χ4n) is 2.57. The van der Waals surface area contributed by atoms with Crippen LogP contribution in [-0.4, -0.2) is 18.0 Å². The summed E-state index contributed by atoms with van der Waals surface area (Å²) >= 11 is 6.09. The Morgan fingerprint density at radius 2 is 1.72 bits per heavy atom. The third kappa shape index (κ3) is 3.98. The van der Waals surface area contributed by atoms with Gasteiger partial charge in [-0.05, 0) is 29.3 Å². The number of ether oxygens (including phenoxy) is 1. The first kappa shape index (κ1) is 17.0. The maximum absolute atomic E-state index is 12.7. The topological polar surface area (TPSA) is 51.2 Å². The molecule has 25 heavy (non-hydrogen) atoms. The molecule has 3 aromatic rings. The summed E-state index contributed by atoms with van der Waals surface area (Å²) in [5, 5.41) is 3.37. The number of hydrogen-bond acceptors (Lipinski definition) is 3. The lowest BCUT2D eigenvalue weighted by atomic mass is 9.98. The fourth-order valence-corrected chi connectivity index (χ4v) is 2.77. The third-order valence-electron chi connectivity index (χ3n) is 3.87. The van der Waals surface area contributed by atoms with Gasteiger partial charge in [0.25, 0.3) is 5.91 Å². The van der Waals surface area contributed by atoms with Crippen LogP contribution in [0.2, 0.25) is 5.02 Å². The van der Waals surface area contributed by atoms with Gasteiger partial charge in [0.15, 0.2) is 0 Å². The number of carbonyl (C=O) groups excluding carboxylic acids is 1.